The predicted molar refractivity (Wildman–Crippen MR) is 105 cm³/mol. The number of benzene rings is 2. The van der Waals surface area contributed by atoms with Gasteiger partial charge in [0.15, 0.2) is 0 Å². The van der Waals surface area contributed by atoms with Gasteiger partial charge in [-0.2, -0.15) is 0 Å². The highest BCUT2D eigenvalue weighted by molar-refractivity contribution is 7.92. The summed E-state index contributed by atoms with van der Waals surface area (Å²) in [4.78, 5) is 12.5. The Morgan fingerprint density at radius 3 is 2.26 bits per heavy atom. The van der Waals surface area contributed by atoms with Crippen molar-refractivity contribution in [1.29, 1.82) is 0 Å². The van der Waals surface area contributed by atoms with Crippen molar-refractivity contribution < 1.29 is 21.6 Å². The number of rotatable bonds is 6. The minimum absolute atomic E-state index is 0.00133. The number of aryl methyl sites for hydroxylation is 1. The Balaban J connectivity index is 2.35. The highest BCUT2D eigenvalue weighted by Gasteiger charge is 2.16. The first-order chi connectivity index (χ1) is 12.4. The summed E-state index contributed by atoms with van der Waals surface area (Å²) in [7, 11) is -5.95. The molecule has 1 amide bonds. The molecule has 0 fully saturated rings. The largest absolute Gasteiger partial charge is 0.322 e. The van der Waals surface area contributed by atoms with Gasteiger partial charge in [-0.15, -0.1) is 0 Å². The van der Waals surface area contributed by atoms with E-state index in [-0.39, 0.29) is 21.2 Å². The van der Waals surface area contributed by atoms with E-state index in [1.54, 1.807) is 13.0 Å². The average Bonchev–Trinajstić information content (AvgIpc) is 2.57. The number of anilines is 2. The molecule has 2 aromatic rings. The van der Waals surface area contributed by atoms with Crippen molar-refractivity contribution in [3.8, 4) is 0 Å². The summed E-state index contributed by atoms with van der Waals surface area (Å²) in [6.45, 7) is 1.71. The van der Waals surface area contributed by atoms with Gasteiger partial charge in [0.25, 0.3) is 5.91 Å². The maximum absolute atomic E-state index is 12.5. The van der Waals surface area contributed by atoms with Crippen LogP contribution in [0.25, 0.3) is 0 Å². The van der Waals surface area contributed by atoms with Crippen LogP contribution in [0, 0.1) is 6.92 Å². The van der Waals surface area contributed by atoms with E-state index in [2.05, 4.69) is 14.8 Å². The van der Waals surface area contributed by atoms with Crippen molar-refractivity contribution in [1.82, 2.24) is 4.72 Å². The molecule has 27 heavy (non-hydrogen) atoms. The molecule has 0 spiro atoms. The monoisotopic (exact) mass is 431 g/mol. The normalized spacial score (nSPS) is 11.9. The predicted octanol–water partition coefficient (Wildman–Crippen LogP) is 2.18. The molecule has 11 heteroatoms. The molecule has 0 atom stereocenters. The second-order valence-electron chi connectivity index (χ2n) is 5.71. The van der Waals surface area contributed by atoms with Gasteiger partial charge < -0.3 is 5.32 Å². The topological polar surface area (TPSA) is 121 Å². The van der Waals surface area contributed by atoms with E-state index in [1.165, 1.54) is 37.4 Å². The lowest BCUT2D eigenvalue weighted by molar-refractivity contribution is 0.102. The van der Waals surface area contributed by atoms with E-state index in [1.807, 2.05) is 0 Å². The van der Waals surface area contributed by atoms with E-state index in [0.717, 1.165) is 6.26 Å². The molecule has 0 unspecified atom stereocenters. The van der Waals surface area contributed by atoms with Crippen molar-refractivity contribution in [2.24, 2.45) is 0 Å². The zero-order chi connectivity index (χ0) is 20.4. The van der Waals surface area contributed by atoms with Gasteiger partial charge in [-0.05, 0) is 49.9 Å². The van der Waals surface area contributed by atoms with Crippen molar-refractivity contribution >= 4 is 48.9 Å². The minimum atomic E-state index is -3.67. The fourth-order valence-electron chi connectivity index (χ4n) is 2.16. The lowest BCUT2D eigenvalue weighted by Crippen LogP contribution is -2.19. The second-order valence-corrected chi connectivity index (χ2v) is 9.75. The fraction of sp³-hybridized carbons (Fsp3) is 0.188. The summed E-state index contributed by atoms with van der Waals surface area (Å²) < 4.78 is 51.1. The maximum Gasteiger partial charge on any atom is 0.255 e. The van der Waals surface area contributed by atoms with Gasteiger partial charge >= 0.3 is 0 Å². The lowest BCUT2D eigenvalue weighted by Gasteiger charge is -2.12. The summed E-state index contributed by atoms with van der Waals surface area (Å²) in [5.41, 5.74) is 1.17. The van der Waals surface area contributed by atoms with Crippen LogP contribution < -0.4 is 14.8 Å². The molecule has 0 aromatic heterocycles. The van der Waals surface area contributed by atoms with Crippen molar-refractivity contribution in [2.75, 3.05) is 23.3 Å². The van der Waals surface area contributed by atoms with E-state index >= 15 is 0 Å². The average molecular weight is 432 g/mol. The van der Waals surface area contributed by atoms with Crippen LogP contribution in [0.1, 0.15) is 15.9 Å². The highest BCUT2D eigenvalue weighted by Crippen LogP contribution is 2.25. The number of sulfonamides is 2. The van der Waals surface area contributed by atoms with Crippen LogP contribution in [0.15, 0.2) is 41.3 Å². The van der Waals surface area contributed by atoms with Crippen molar-refractivity contribution in [3.63, 3.8) is 0 Å². The quantitative estimate of drug-likeness (QED) is 0.647. The van der Waals surface area contributed by atoms with E-state index in [0.29, 0.717) is 11.3 Å². The molecule has 0 saturated heterocycles. The highest BCUT2D eigenvalue weighted by atomic mass is 35.5. The van der Waals surface area contributed by atoms with Gasteiger partial charge in [-0.1, -0.05) is 17.7 Å². The van der Waals surface area contributed by atoms with Crippen LogP contribution in [0.2, 0.25) is 5.02 Å². The molecule has 0 heterocycles. The van der Waals surface area contributed by atoms with Crippen LogP contribution in [0.3, 0.4) is 0 Å². The second kappa shape index (κ2) is 7.85. The van der Waals surface area contributed by atoms with Gasteiger partial charge in [0.05, 0.1) is 21.9 Å². The molecule has 2 rings (SSSR count). The molecule has 8 nitrogen and oxygen atoms in total. The third kappa shape index (κ3) is 5.42. The Morgan fingerprint density at radius 1 is 1.00 bits per heavy atom. The van der Waals surface area contributed by atoms with Gasteiger partial charge in [0, 0.05) is 11.3 Å². The SMILES string of the molecule is CNS(=O)(=O)c1ccc(C)c(NC(=O)c2ccc(Cl)c(NS(C)(=O)=O)c2)c1. The summed E-state index contributed by atoms with van der Waals surface area (Å²) in [5, 5.41) is 2.76. The van der Waals surface area contributed by atoms with E-state index in [4.69, 9.17) is 11.6 Å². The summed E-state index contributed by atoms with van der Waals surface area (Å²) in [5.74, 6) is -0.551. The van der Waals surface area contributed by atoms with Crippen LogP contribution in [-0.4, -0.2) is 36.0 Å². The van der Waals surface area contributed by atoms with Crippen LogP contribution in [0.5, 0.6) is 0 Å². The number of nitrogens with one attached hydrogen (secondary N) is 3. The zero-order valence-electron chi connectivity index (χ0n) is 14.7. The van der Waals surface area contributed by atoms with Gasteiger partial charge in [0.1, 0.15) is 0 Å². The van der Waals surface area contributed by atoms with Gasteiger partial charge in [-0.25, -0.2) is 21.6 Å². The fourth-order valence-corrected chi connectivity index (χ4v) is 3.70. The number of carbonyl (C=O) groups is 1. The zero-order valence-corrected chi connectivity index (χ0v) is 17.1. The smallest absolute Gasteiger partial charge is 0.255 e. The Morgan fingerprint density at radius 2 is 1.67 bits per heavy atom. The van der Waals surface area contributed by atoms with Crippen LogP contribution in [-0.2, 0) is 20.0 Å². The number of halogens is 1. The van der Waals surface area contributed by atoms with E-state index in [9.17, 15) is 21.6 Å². The van der Waals surface area contributed by atoms with E-state index < -0.39 is 26.0 Å². The Bertz CT molecular complexity index is 1100. The molecular weight excluding hydrogens is 414 g/mol. The van der Waals surface area contributed by atoms with Gasteiger partial charge in [0.2, 0.25) is 20.0 Å². The molecule has 0 radical (unpaired) electrons. The Labute approximate surface area is 163 Å². The van der Waals surface area contributed by atoms with Crippen molar-refractivity contribution in [2.45, 2.75) is 11.8 Å². The Kier molecular flexibility index (Phi) is 6.15. The first kappa shape index (κ1) is 21.2. The molecule has 0 aliphatic carbocycles. The molecule has 0 aliphatic heterocycles. The summed E-state index contributed by atoms with van der Waals surface area (Å²) in [6.07, 6.45) is 0.965. The van der Waals surface area contributed by atoms with Crippen LogP contribution in [0.4, 0.5) is 11.4 Å². The number of amides is 1. The summed E-state index contributed by atoms with van der Waals surface area (Å²) in [6, 6.07) is 8.44. The first-order valence-electron chi connectivity index (χ1n) is 7.56. The maximum atomic E-state index is 12.5. The summed E-state index contributed by atoms with van der Waals surface area (Å²) >= 11 is 5.95. The lowest BCUT2D eigenvalue weighted by atomic mass is 10.1. The number of hydrogen-bond donors (Lipinski definition) is 3. The molecule has 2 aromatic carbocycles. The third-order valence-electron chi connectivity index (χ3n) is 3.56. The number of carbonyl (C=O) groups excluding carboxylic acids is 1. The van der Waals surface area contributed by atoms with Gasteiger partial charge in [-0.3, -0.25) is 9.52 Å². The molecule has 146 valence electrons. The van der Waals surface area contributed by atoms with Crippen LogP contribution >= 0.6 is 11.6 Å². The molecule has 0 aliphatic rings. The molecule has 0 saturated carbocycles. The minimum Gasteiger partial charge on any atom is -0.322 e. The molecule has 0 bridgehead atoms. The molecular formula is C16H18ClN3O5S2. The molecule has 3 N–H and O–H groups in total. The third-order valence-corrected chi connectivity index (χ3v) is 5.89. The van der Waals surface area contributed by atoms with Crippen molar-refractivity contribution in [3.05, 3.63) is 52.5 Å². The first-order valence-corrected chi connectivity index (χ1v) is 11.3. The standard InChI is InChI=1S/C16H18ClN3O5S2/c1-10-4-6-12(27(24,25)18-2)9-14(10)19-16(21)11-5-7-13(17)15(8-11)20-26(3,22)23/h4-9,18,20H,1-3H3,(H,19,21). The Hall–Kier alpha value is -2.14. The number of hydrogen-bond acceptors (Lipinski definition) is 5.